The molecule has 0 amide bonds. The number of aromatic nitrogens is 3. The van der Waals surface area contributed by atoms with E-state index in [1.165, 1.54) is 0 Å². The molecule has 0 aliphatic rings. The number of rotatable bonds is 3. The standard InChI is InChI=1S/C10H12N6O/c1-17-7-5-3-2-4-6(7)13-9-8(11)15-16-10(12)14-9/h2-5H,1H3,(H2,11,15)(H3,12,13,14,16). The number of nitrogen functional groups attached to an aromatic ring is 2. The normalized spacial score (nSPS) is 9.94. The summed E-state index contributed by atoms with van der Waals surface area (Å²) >= 11 is 0. The van der Waals surface area contributed by atoms with Gasteiger partial charge in [-0.25, -0.2) is 0 Å². The minimum Gasteiger partial charge on any atom is -0.495 e. The predicted molar refractivity (Wildman–Crippen MR) is 64.9 cm³/mol. The molecule has 0 spiro atoms. The molecule has 0 aliphatic heterocycles. The molecule has 0 saturated carbocycles. The lowest BCUT2D eigenvalue weighted by atomic mass is 10.3. The number of nitrogens with two attached hydrogens (primary N) is 2. The minimum absolute atomic E-state index is 0.0524. The number of nitrogens with one attached hydrogen (secondary N) is 1. The third-order valence-electron chi connectivity index (χ3n) is 2.09. The smallest absolute Gasteiger partial charge is 0.242 e. The Hall–Kier alpha value is -2.57. The average Bonchev–Trinajstić information content (AvgIpc) is 2.34. The van der Waals surface area contributed by atoms with Gasteiger partial charge in [0.2, 0.25) is 5.95 Å². The fraction of sp³-hybridized carbons (Fsp3) is 0.100. The van der Waals surface area contributed by atoms with Gasteiger partial charge in [-0.2, -0.15) is 4.98 Å². The van der Waals surface area contributed by atoms with Crippen molar-refractivity contribution in [2.45, 2.75) is 0 Å². The highest BCUT2D eigenvalue weighted by atomic mass is 16.5. The highest BCUT2D eigenvalue weighted by molar-refractivity contribution is 5.70. The van der Waals surface area contributed by atoms with Crippen LogP contribution in [-0.2, 0) is 0 Å². The summed E-state index contributed by atoms with van der Waals surface area (Å²) in [5.74, 6) is 1.24. The first-order valence-electron chi connectivity index (χ1n) is 4.86. The number of hydrogen-bond acceptors (Lipinski definition) is 7. The summed E-state index contributed by atoms with van der Waals surface area (Å²) in [7, 11) is 1.58. The molecule has 17 heavy (non-hydrogen) atoms. The van der Waals surface area contributed by atoms with Gasteiger partial charge >= 0.3 is 0 Å². The van der Waals surface area contributed by atoms with E-state index in [1.807, 2.05) is 24.3 Å². The zero-order valence-corrected chi connectivity index (χ0v) is 9.21. The summed E-state index contributed by atoms with van der Waals surface area (Å²) in [4.78, 5) is 3.96. The molecule has 2 aromatic rings. The number of benzene rings is 1. The highest BCUT2D eigenvalue weighted by Crippen LogP contribution is 2.27. The van der Waals surface area contributed by atoms with Crippen molar-refractivity contribution in [1.29, 1.82) is 0 Å². The number of hydrogen-bond donors (Lipinski definition) is 3. The summed E-state index contributed by atoms with van der Waals surface area (Å²) in [6.45, 7) is 0. The third-order valence-corrected chi connectivity index (χ3v) is 2.09. The molecule has 88 valence electrons. The second-order valence-electron chi connectivity index (χ2n) is 3.23. The van der Waals surface area contributed by atoms with Gasteiger partial charge in [0.1, 0.15) is 5.75 Å². The quantitative estimate of drug-likeness (QED) is 0.717. The van der Waals surface area contributed by atoms with Gasteiger partial charge in [-0.1, -0.05) is 12.1 Å². The molecule has 0 unspecified atom stereocenters. The van der Waals surface area contributed by atoms with E-state index in [4.69, 9.17) is 16.2 Å². The summed E-state index contributed by atoms with van der Waals surface area (Å²) < 4.78 is 5.19. The molecular formula is C10H12N6O. The molecular weight excluding hydrogens is 220 g/mol. The van der Waals surface area contributed by atoms with Crippen molar-refractivity contribution >= 4 is 23.3 Å². The van der Waals surface area contributed by atoms with Crippen molar-refractivity contribution in [1.82, 2.24) is 15.2 Å². The first-order valence-corrected chi connectivity index (χ1v) is 4.86. The Morgan fingerprint density at radius 3 is 2.71 bits per heavy atom. The summed E-state index contributed by atoms with van der Waals surface area (Å²) in [5.41, 5.74) is 11.8. The lowest BCUT2D eigenvalue weighted by Gasteiger charge is -2.10. The molecule has 0 aliphatic carbocycles. The Kier molecular flexibility index (Phi) is 2.91. The summed E-state index contributed by atoms with van der Waals surface area (Å²) in [5, 5.41) is 10.2. The van der Waals surface area contributed by atoms with Gasteiger partial charge < -0.3 is 21.5 Å². The van der Waals surface area contributed by atoms with E-state index in [-0.39, 0.29) is 11.8 Å². The molecule has 7 nitrogen and oxygen atoms in total. The highest BCUT2D eigenvalue weighted by Gasteiger charge is 2.07. The van der Waals surface area contributed by atoms with E-state index in [0.29, 0.717) is 11.6 Å². The van der Waals surface area contributed by atoms with Gasteiger partial charge in [0.05, 0.1) is 12.8 Å². The number of nitrogens with zero attached hydrogens (tertiary/aromatic N) is 3. The molecule has 0 bridgehead atoms. The van der Waals surface area contributed by atoms with E-state index in [1.54, 1.807) is 7.11 Å². The van der Waals surface area contributed by atoms with Crippen LogP contribution in [0.4, 0.5) is 23.3 Å². The molecule has 1 aromatic carbocycles. The lowest BCUT2D eigenvalue weighted by molar-refractivity contribution is 0.417. The molecule has 5 N–H and O–H groups in total. The Labute approximate surface area is 97.8 Å². The summed E-state index contributed by atoms with van der Waals surface area (Å²) in [6.07, 6.45) is 0. The number of methoxy groups -OCH3 is 1. The van der Waals surface area contributed by atoms with E-state index in [2.05, 4.69) is 20.5 Å². The fourth-order valence-electron chi connectivity index (χ4n) is 1.31. The Bertz CT molecular complexity index is 530. The van der Waals surface area contributed by atoms with Crippen molar-refractivity contribution in [3.05, 3.63) is 24.3 Å². The number of para-hydroxylation sites is 2. The van der Waals surface area contributed by atoms with Gasteiger partial charge in [0.15, 0.2) is 11.6 Å². The summed E-state index contributed by atoms with van der Waals surface area (Å²) in [6, 6.07) is 7.37. The minimum atomic E-state index is 0.0524. The molecule has 7 heteroatoms. The molecule has 0 radical (unpaired) electrons. The van der Waals surface area contributed by atoms with Crippen LogP contribution in [-0.4, -0.2) is 22.3 Å². The van der Waals surface area contributed by atoms with Crippen molar-refractivity contribution in [3.8, 4) is 5.75 Å². The van der Waals surface area contributed by atoms with Crippen LogP contribution in [0.15, 0.2) is 24.3 Å². The molecule has 0 fully saturated rings. The van der Waals surface area contributed by atoms with Crippen LogP contribution in [0.1, 0.15) is 0 Å². The first kappa shape index (κ1) is 10.9. The maximum atomic E-state index is 5.63. The van der Waals surface area contributed by atoms with Crippen molar-refractivity contribution in [2.75, 3.05) is 23.9 Å². The molecule has 2 rings (SSSR count). The second-order valence-corrected chi connectivity index (χ2v) is 3.23. The fourth-order valence-corrected chi connectivity index (χ4v) is 1.31. The van der Waals surface area contributed by atoms with Crippen LogP contribution >= 0.6 is 0 Å². The van der Waals surface area contributed by atoms with Crippen LogP contribution in [0.5, 0.6) is 5.75 Å². The van der Waals surface area contributed by atoms with Crippen LogP contribution in [0, 0.1) is 0 Å². The molecule has 0 saturated heterocycles. The average molecular weight is 232 g/mol. The van der Waals surface area contributed by atoms with E-state index in [9.17, 15) is 0 Å². The SMILES string of the molecule is COc1ccccc1Nc1nc(N)nnc1N. The monoisotopic (exact) mass is 232 g/mol. The van der Waals surface area contributed by atoms with Crippen LogP contribution in [0.3, 0.4) is 0 Å². The number of anilines is 4. The van der Waals surface area contributed by atoms with Crippen molar-refractivity contribution < 1.29 is 4.74 Å². The topological polar surface area (TPSA) is 112 Å². The van der Waals surface area contributed by atoms with E-state index < -0.39 is 0 Å². The molecule has 1 aromatic heterocycles. The number of ether oxygens (including phenoxy) is 1. The Morgan fingerprint density at radius 1 is 1.18 bits per heavy atom. The lowest BCUT2D eigenvalue weighted by Crippen LogP contribution is -2.07. The zero-order chi connectivity index (χ0) is 12.3. The maximum Gasteiger partial charge on any atom is 0.242 e. The first-order chi connectivity index (χ1) is 8.20. The van der Waals surface area contributed by atoms with Crippen molar-refractivity contribution in [3.63, 3.8) is 0 Å². The predicted octanol–water partition coefficient (Wildman–Crippen LogP) is 0.788. The molecule has 0 atom stereocenters. The van der Waals surface area contributed by atoms with E-state index >= 15 is 0 Å². The van der Waals surface area contributed by atoms with Gasteiger partial charge in [-0.3, -0.25) is 0 Å². The van der Waals surface area contributed by atoms with Gasteiger partial charge in [-0.15, -0.1) is 10.2 Å². The Morgan fingerprint density at radius 2 is 1.94 bits per heavy atom. The van der Waals surface area contributed by atoms with Crippen LogP contribution in [0.25, 0.3) is 0 Å². The Balaban J connectivity index is 2.34. The second kappa shape index (κ2) is 4.52. The van der Waals surface area contributed by atoms with Crippen LogP contribution < -0.4 is 21.5 Å². The zero-order valence-electron chi connectivity index (χ0n) is 9.21. The van der Waals surface area contributed by atoms with E-state index in [0.717, 1.165) is 5.69 Å². The largest absolute Gasteiger partial charge is 0.495 e. The van der Waals surface area contributed by atoms with Crippen LogP contribution in [0.2, 0.25) is 0 Å². The third kappa shape index (κ3) is 2.33. The van der Waals surface area contributed by atoms with Gasteiger partial charge in [-0.05, 0) is 12.1 Å². The van der Waals surface area contributed by atoms with Gasteiger partial charge in [0, 0.05) is 0 Å². The molecule has 1 heterocycles. The van der Waals surface area contributed by atoms with Crippen molar-refractivity contribution in [2.24, 2.45) is 0 Å². The maximum absolute atomic E-state index is 5.63. The van der Waals surface area contributed by atoms with Gasteiger partial charge in [0.25, 0.3) is 0 Å².